The molecule has 0 saturated carbocycles. The molecule has 0 aliphatic rings. The molecule has 0 atom stereocenters. The molecule has 4 heteroatoms. The van der Waals surface area contributed by atoms with Crippen LogP contribution in [0.5, 0.6) is 0 Å². The van der Waals surface area contributed by atoms with Crippen LogP contribution in [0.4, 0.5) is 0 Å². The molecule has 0 aliphatic carbocycles. The van der Waals surface area contributed by atoms with Crippen LogP contribution in [0.3, 0.4) is 0 Å². The van der Waals surface area contributed by atoms with E-state index in [2.05, 4.69) is 52.7 Å². The summed E-state index contributed by atoms with van der Waals surface area (Å²) in [7, 11) is 1.94. The number of nitrogens with zero attached hydrogens (tertiary/aromatic N) is 2. The number of H-pyrrole nitrogens is 1. The average Bonchev–Trinajstić information content (AvgIpc) is 2.71. The van der Waals surface area contributed by atoms with Crippen LogP contribution in [0.25, 0.3) is 10.8 Å². The van der Waals surface area contributed by atoms with E-state index in [0.29, 0.717) is 4.77 Å². The molecule has 90 valence electrons. The van der Waals surface area contributed by atoms with Gasteiger partial charge in [-0.3, -0.25) is 5.10 Å². The Kier molecular flexibility index (Phi) is 2.72. The molecular weight excluding hydrogens is 242 g/mol. The molecule has 2 aromatic carbocycles. The molecule has 0 spiro atoms. The van der Waals surface area contributed by atoms with Crippen LogP contribution < -0.4 is 0 Å². The number of hydrogen-bond acceptors (Lipinski definition) is 2. The minimum atomic E-state index is 0.658. The van der Waals surface area contributed by atoms with Crippen molar-refractivity contribution in [3.8, 4) is 0 Å². The quantitative estimate of drug-likeness (QED) is 0.713. The first-order chi connectivity index (χ1) is 8.75. The van der Waals surface area contributed by atoms with Crippen LogP contribution in [-0.2, 0) is 13.5 Å². The van der Waals surface area contributed by atoms with E-state index in [0.717, 1.165) is 12.2 Å². The largest absolute Gasteiger partial charge is 0.307 e. The minimum Gasteiger partial charge on any atom is -0.307 e. The van der Waals surface area contributed by atoms with Gasteiger partial charge < -0.3 is 4.57 Å². The summed E-state index contributed by atoms with van der Waals surface area (Å²) in [6.45, 7) is 0. The summed E-state index contributed by atoms with van der Waals surface area (Å²) >= 11 is 5.13. The van der Waals surface area contributed by atoms with Gasteiger partial charge in [-0.25, -0.2) is 0 Å². The van der Waals surface area contributed by atoms with Crippen LogP contribution in [0.15, 0.2) is 42.5 Å². The normalized spacial score (nSPS) is 10.9. The van der Waals surface area contributed by atoms with Gasteiger partial charge in [0.15, 0.2) is 4.77 Å². The van der Waals surface area contributed by atoms with E-state index in [1.807, 2.05) is 11.6 Å². The van der Waals surface area contributed by atoms with Crippen LogP contribution in [0, 0.1) is 4.77 Å². The molecule has 0 saturated heterocycles. The molecule has 18 heavy (non-hydrogen) atoms. The molecule has 3 aromatic rings. The Morgan fingerprint density at radius 3 is 2.72 bits per heavy atom. The van der Waals surface area contributed by atoms with Crippen LogP contribution in [-0.4, -0.2) is 14.8 Å². The number of fused-ring (bicyclic) bond motifs is 1. The number of aromatic amines is 1. The van der Waals surface area contributed by atoms with Crippen LogP contribution >= 0.6 is 12.2 Å². The van der Waals surface area contributed by atoms with Gasteiger partial charge in [-0.05, 0) is 28.6 Å². The van der Waals surface area contributed by atoms with Crippen molar-refractivity contribution in [1.29, 1.82) is 0 Å². The van der Waals surface area contributed by atoms with Gasteiger partial charge in [0.25, 0.3) is 0 Å². The number of aromatic nitrogens is 3. The molecule has 3 rings (SSSR count). The van der Waals surface area contributed by atoms with Crippen LogP contribution in [0.1, 0.15) is 11.4 Å². The molecule has 0 amide bonds. The van der Waals surface area contributed by atoms with Crippen molar-refractivity contribution in [2.24, 2.45) is 7.05 Å². The zero-order valence-electron chi connectivity index (χ0n) is 10.1. The number of rotatable bonds is 2. The highest BCUT2D eigenvalue weighted by molar-refractivity contribution is 7.71. The molecule has 1 N–H and O–H groups in total. The molecule has 1 aromatic heterocycles. The van der Waals surface area contributed by atoms with E-state index in [1.165, 1.54) is 16.3 Å². The monoisotopic (exact) mass is 255 g/mol. The number of benzene rings is 2. The van der Waals surface area contributed by atoms with Gasteiger partial charge in [0.05, 0.1) is 0 Å². The van der Waals surface area contributed by atoms with Crippen molar-refractivity contribution in [1.82, 2.24) is 14.8 Å². The summed E-state index contributed by atoms with van der Waals surface area (Å²) in [6, 6.07) is 14.7. The van der Waals surface area contributed by atoms with Crippen molar-refractivity contribution in [3.63, 3.8) is 0 Å². The topological polar surface area (TPSA) is 33.6 Å². The lowest BCUT2D eigenvalue weighted by Gasteiger charge is -2.05. The van der Waals surface area contributed by atoms with Crippen molar-refractivity contribution < 1.29 is 0 Å². The molecule has 3 nitrogen and oxygen atoms in total. The fraction of sp³-hybridized carbons (Fsp3) is 0.143. The van der Waals surface area contributed by atoms with Crippen molar-refractivity contribution in [3.05, 3.63) is 58.6 Å². The maximum Gasteiger partial charge on any atom is 0.194 e. The second-order valence-electron chi connectivity index (χ2n) is 4.32. The fourth-order valence-electron chi connectivity index (χ4n) is 2.15. The first-order valence-electron chi connectivity index (χ1n) is 5.82. The van der Waals surface area contributed by atoms with E-state index >= 15 is 0 Å². The lowest BCUT2D eigenvalue weighted by atomic mass is 10.0. The first-order valence-corrected chi connectivity index (χ1v) is 6.23. The summed E-state index contributed by atoms with van der Waals surface area (Å²) in [5, 5.41) is 9.61. The highest BCUT2D eigenvalue weighted by atomic mass is 32.1. The van der Waals surface area contributed by atoms with E-state index < -0.39 is 0 Å². The molecule has 1 heterocycles. The van der Waals surface area contributed by atoms with E-state index in [9.17, 15) is 0 Å². The summed E-state index contributed by atoms with van der Waals surface area (Å²) in [5.74, 6) is 0.955. The Morgan fingerprint density at radius 2 is 1.94 bits per heavy atom. The Bertz CT molecular complexity index is 750. The number of nitrogens with one attached hydrogen (secondary N) is 1. The zero-order chi connectivity index (χ0) is 12.5. The molecule has 0 unspecified atom stereocenters. The lowest BCUT2D eigenvalue weighted by molar-refractivity contribution is 0.815. The predicted molar refractivity (Wildman–Crippen MR) is 75.1 cm³/mol. The maximum absolute atomic E-state index is 5.13. The summed E-state index contributed by atoms with van der Waals surface area (Å²) in [5.41, 5.74) is 1.27. The highest BCUT2D eigenvalue weighted by Crippen LogP contribution is 2.20. The van der Waals surface area contributed by atoms with Crippen LogP contribution in [0.2, 0.25) is 0 Å². The van der Waals surface area contributed by atoms with Gasteiger partial charge >= 0.3 is 0 Å². The molecular formula is C14H13N3S. The smallest absolute Gasteiger partial charge is 0.194 e. The highest BCUT2D eigenvalue weighted by Gasteiger charge is 2.06. The van der Waals surface area contributed by atoms with Gasteiger partial charge in [0.1, 0.15) is 5.82 Å². The van der Waals surface area contributed by atoms with Gasteiger partial charge in [-0.2, -0.15) is 5.10 Å². The van der Waals surface area contributed by atoms with Gasteiger partial charge in [0.2, 0.25) is 0 Å². The minimum absolute atomic E-state index is 0.658. The average molecular weight is 255 g/mol. The second kappa shape index (κ2) is 4.38. The summed E-state index contributed by atoms with van der Waals surface area (Å²) < 4.78 is 2.57. The van der Waals surface area contributed by atoms with E-state index in [4.69, 9.17) is 12.2 Å². The number of hydrogen-bond donors (Lipinski definition) is 1. The third-order valence-electron chi connectivity index (χ3n) is 3.20. The predicted octanol–water partition coefficient (Wildman–Crippen LogP) is 3.22. The second-order valence-corrected chi connectivity index (χ2v) is 4.71. The Morgan fingerprint density at radius 1 is 1.17 bits per heavy atom. The standard InChI is InChI=1S/C14H13N3S/c1-17-13(15-16-14(17)18)9-11-7-4-6-10-5-2-3-8-12(10)11/h2-8H,9H2,1H3,(H,16,18). The van der Waals surface area contributed by atoms with Crippen molar-refractivity contribution >= 4 is 23.0 Å². The zero-order valence-corrected chi connectivity index (χ0v) is 10.9. The SMILES string of the molecule is Cn1c(Cc2cccc3ccccc23)n[nH]c1=S. The van der Waals surface area contributed by atoms with Gasteiger partial charge in [0, 0.05) is 13.5 Å². The van der Waals surface area contributed by atoms with Crippen molar-refractivity contribution in [2.45, 2.75) is 6.42 Å². The Hall–Kier alpha value is -1.94. The molecule has 0 bridgehead atoms. The maximum atomic E-state index is 5.13. The first kappa shape index (κ1) is 11.2. The molecule has 0 aliphatic heterocycles. The van der Waals surface area contributed by atoms with E-state index in [1.54, 1.807) is 0 Å². The van der Waals surface area contributed by atoms with Gasteiger partial charge in [-0.1, -0.05) is 42.5 Å². The fourth-order valence-corrected chi connectivity index (χ4v) is 2.31. The lowest BCUT2D eigenvalue weighted by Crippen LogP contribution is -1.99. The van der Waals surface area contributed by atoms with E-state index in [-0.39, 0.29) is 0 Å². The molecule has 0 fully saturated rings. The third kappa shape index (κ3) is 1.84. The Balaban J connectivity index is 2.10. The summed E-state index contributed by atoms with van der Waals surface area (Å²) in [4.78, 5) is 0. The Labute approximate surface area is 110 Å². The molecule has 0 radical (unpaired) electrons. The van der Waals surface area contributed by atoms with Gasteiger partial charge in [-0.15, -0.1) is 0 Å². The third-order valence-corrected chi connectivity index (χ3v) is 3.57. The summed E-state index contributed by atoms with van der Waals surface area (Å²) in [6.07, 6.45) is 0.783. The van der Waals surface area contributed by atoms with Crippen molar-refractivity contribution in [2.75, 3.05) is 0 Å².